The van der Waals surface area contributed by atoms with Crippen LogP contribution in [-0.4, -0.2) is 19.3 Å². The first kappa shape index (κ1) is 13.3. The molecule has 0 spiro atoms. The van der Waals surface area contributed by atoms with Crippen LogP contribution in [0.15, 0.2) is 47.7 Å². The summed E-state index contributed by atoms with van der Waals surface area (Å²) in [4.78, 5) is 12.6. The van der Waals surface area contributed by atoms with Gasteiger partial charge in [-0.05, 0) is 31.2 Å². The van der Waals surface area contributed by atoms with E-state index in [0.717, 1.165) is 0 Å². The van der Waals surface area contributed by atoms with Gasteiger partial charge in [0.1, 0.15) is 0 Å². The van der Waals surface area contributed by atoms with Gasteiger partial charge in [-0.1, -0.05) is 0 Å². The van der Waals surface area contributed by atoms with Gasteiger partial charge in [-0.25, -0.2) is 0 Å². The number of aromatic hydroxyl groups is 2. The molecule has 5 heteroatoms. The summed E-state index contributed by atoms with van der Waals surface area (Å²) in [5, 5.41) is 20.1. The van der Waals surface area contributed by atoms with Gasteiger partial charge in [-0.2, -0.15) is 0 Å². The number of phenolic OH excluding ortho intramolecular Hbond substituents is 2. The van der Waals surface area contributed by atoms with Gasteiger partial charge in [-0.3, -0.25) is 4.79 Å². The predicted molar refractivity (Wildman–Crippen MR) is 80.7 cm³/mol. The molecule has 2 aromatic heterocycles. The number of benzene rings is 1. The third-order valence-electron chi connectivity index (χ3n) is 3.62. The van der Waals surface area contributed by atoms with Crippen LogP contribution in [0, 0.1) is 0 Å². The average molecular weight is 284 g/mol. The number of aryl methyl sites for hydroxylation is 1. The summed E-state index contributed by atoms with van der Waals surface area (Å²) < 4.78 is 3.70. The number of phenols is 2. The molecule has 108 valence electrons. The van der Waals surface area contributed by atoms with Crippen molar-refractivity contribution >= 4 is 10.9 Å². The van der Waals surface area contributed by atoms with E-state index in [9.17, 15) is 15.0 Å². The fourth-order valence-electron chi connectivity index (χ4n) is 2.56. The Morgan fingerprint density at radius 3 is 2.52 bits per heavy atom. The van der Waals surface area contributed by atoms with Crippen LogP contribution in [0.5, 0.6) is 11.5 Å². The molecule has 0 aliphatic rings. The Bertz CT molecular complexity index is 848. The first-order valence-corrected chi connectivity index (χ1v) is 6.79. The molecule has 2 N–H and O–H groups in total. The Morgan fingerprint density at radius 1 is 1.14 bits per heavy atom. The smallest absolute Gasteiger partial charge is 0.194 e. The summed E-state index contributed by atoms with van der Waals surface area (Å²) >= 11 is 0. The van der Waals surface area contributed by atoms with E-state index >= 15 is 0 Å². The van der Waals surface area contributed by atoms with Gasteiger partial charge in [0.25, 0.3) is 0 Å². The van der Waals surface area contributed by atoms with Crippen molar-refractivity contribution in [2.24, 2.45) is 0 Å². The normalized spacial score (nSPS) is 11.1. The Labute approximate surface area is 121 Å². The monoisotopic (exact) mass is 284 g/mol. The van der Waals surface area contributed by atoms with E-state index in [1.165, 1.54) is 6.07 Å². The molecular weight excluding hydrogens is 268 g/mol. The second-order valence-electron chi connectivity index (χ2n) is 4.95. The third kappa shape index (κ3) is 2.16. The first-order chi connectivity index (χ1) is 10.1. The molecule has 0 bridgehead atoms. The average Bonchev–Trinajstić information content (AvgIpc) is 2.98. The van der Waals surface area contributed by atoms with Crippen molar-refractivity contribution in [2.45, 2.75) is 20.0 Å². The first-order valence-electron chi connectivity index (χ1n) is 6.79. The zero-order valence-corrected chi connectivity index (χ0v) is 11.7. The maximum absolute atomic E-state index is 12.6. The number of rotatable bonds is 3. The van der Waals surface area contributed by atoms with E-state index in [1.54, 1.807) is 16.8 Å². The lowest BCUT2D eigenvalue weighted by molar-refractivity contribution is 0.406. The van der Waals surface area contributed by atoms with E-state index in [4.69, 9.17) is 0 Å². The molecule has 0 aliphatic carbocycles. The molecule has 0 aliphatic heterocycles. The van der Waals surface area contributed by atoms with Gasteiger partial charge in [0.05, 0.1) is 17.4 Å². The molecule has 3 aromatic rings. The molecule has 0 amide bonds. The minimum Gasteiger partial charge on any atom is -0.504 e. The van der Waals surface area contributed by atoms with Gasteiger partial charge in [0.2, 0.25) is 0 Å². The number of fused-ring (bicyclic) bond motifs is 1. The lowest BCUT2D eigenvalue weighted by Gasteiger charge is -2.14. The number of hydrogen-bond donors (Lipinski definition) is 2. The summed E-state index contributed by atoms with van der Waals surface area (Å²) in [6.07, 6.45) is 5.53. The maximum atomic E-state index is 12.6. The number of pyridine rings is 1. The largest absolute Gasteiger partial charge is 0.504 e. The summed E-state index contributed by atoms with van der Waals surface area (Å²) in [6, 6.07) is 6.71. The molecule has 0 fully saturated rings. The van der Waals surface area contributed by atoms with Crippen LogP contribution in [-0.2, 0) is 13.1 Å². The second kappa shape index (κ2) is 5.01. The zero-order chi connectivity index (χ0) is 15.0. The molecule has 1 aromatic carbocycles. The fraction of sp³-hybridized carbons (Fsp3) is 0.188. The van der Waals surface area contributed by atoms with Gasteiger partial charge in [0, 0.05) is 30.7 Å². The SMILES string of the molecule is CCn1cc(Cn2cccc2)c(=O)c2ccc(O)c(O)c21. The van der Waals surface area contributed by atoms with E-state index in [2.05, 4.69) is 0 Å². The summed E-state index contributed by atoms with van der Waals surface area (Å²) in [5.41, 5.74) is 0.892. The lowest BCUT2D eigenvalue weighted by Crippen LogP contribution is -2.16. The molecule has 0 unspecified atom stereocenters. The van der Waals surface area contributed by atoms with Crippen molar-refractivity contribution in [3.05, 3.63) is 58.6 Å². The van der Waals surface area contributed by atoms with Crippen LogP contribution in [0.1, 0.15) is 12.5 Å². The van der Waals surface area contributed by atoms with Crippen LogP contribution >= 0.6 is 0 Å². The molecule has 3 rings (SSSR count). The van der Waals surface area contributed by atoms with Crippen molar-refractivity contribution in [2.75, 3.05) is 0 Å². The van der Waals surface area contributed by atoms with Gasteiger partial charge >= 0.3 is 0 Å². The summed E-state index contributed by atoms with van der Waals surface area (Å²) in [5.74, 6) is -0.471. The highest BCUT2D eigenvalue weighted by molar-refractivity contribution is 5.87. The van der Waals surface area contributed by atoms with Crippen LogP contribution < -0.4 is 5.43 Å². The van der Waals surface area contributed by atoms with Crippen molar-refractivity contribution in [1.82, 2.24) is 9.13 Å². The van der Waals surface area contributed by atoms with Crippen LogP contribution in [0.2, 0.25) is 0 Å². The Kier molecular flexibility index (Phi) is 3.17. The molecule has 0 radical (unpaired) electrons. The molecular formula is C16H16N2O3. The topological polar surface area (TPSA) is 67.4 Å². The number of nitrogens with zero attached hydrogens (tertiary/aromatic N) is 2. The molecule has 0 saturated heterocycles. The lowest BCUT2D eigenvalue weighted by atomic mass is 10.1. The predicted octanol–water partition coefficient (Wildman–Crippen LogP) is 2.28. The summed E-state index contributed by atoms with van der Waals surface area (Å²) in [7, 11) is 0. The Morgan fingerprint density at radius 2 is 1.86 bits per heavy atom. The zero-order valence-electron chi connectivity index (χ0n) is 11.7. The Hall–Kier alpha value is -2.69. The second-order valence-corrected chi connectivity index (χ2v) is 4.95. The fourth-order valence-corrected chi connectivity index (χ4v) is 2.56. The van der Waals surface area contributed by atoms with Crippen molar-refractivity contribution in [1.29, 1.82) is 0 Å². The van der Waals surface area contributed by atoms with E-state index in [-0.39, 0.29) is 16.9 Å². The van der Waals surface area contributed by atoms with Crippen molar-refractivity contribution in [3.8, 4) is 11.5 Å². The van der Waals surface area contributed by atoms with E-state index < -0.39 is 0 Å². The van der Waals surface area contributed by atoms with Crippen molar-refractivity contribution < 1.29 is 10.2 Å². The van der Waals surface area contributed by atoms with Crippen LogP contribution in [0.3, 0.4) is 0 Å². The molecule has 0 saturated carbocycles. The van der Waals surface area contributed by atoms with E-state index in [0.29, 0.717) is 29.6 Å². The van der Waals surface area contributed by atoms with Crippen molar-refractivity contribution in [3.63, 3.8) is 0 Å². The quantitative estimate of drug-likeness (QED) is 0.725. The molecule has 21 heavy (non-hydrogen) atoms. The van der Waals surface area contributed by atoms with Crippen LogP contribution in [0.25, 0.3) is 10.9 Å². The highest BCUT2D eigenvalue weighted by atomic mass is 16.3. The molecule has 0 atom stereocenters. The third-order valence-corrected chi connectivity index (χ3v) is 3.62. The molecule has 5 nitrogen and oxygen atoms in total. The number of aromatic nitrogens is 2. The highest BCUT2D eigenvalue weighted by Gasteiger charge is 2.14. The van der Waals surface area contributed by atoms with Crippen LogP contribution in [0.4, 0.5) is 0 Å². The van der Waals surface area contributed by atoms with Gasteiger partial charge in [0.15, 0.2) is 16.9 Å². The van der Waals surface area contributed by atoms with Gasteiger partial charge < -0.3 is 19.3 Å². The number of hydrogen-bond acceptors (Lipinski definition) is 3. The minimum absolute atomic E-state index is 0.126. The Balaban J connectivity index is 2.27. The van der Waals surface area contributed by atoms with Gasteiger partial charge in [-0.15, -0.1) is 0 Å². The highest BCUT2D eigenvalue weighted by Crippen LogP contribution is 2.32. The van der Waals surface area contributed by atoms with E-state index in [1.807, 2.05) is 36.0 Å². The molecule has 2 heterocycles. The maximum Gasteiger partial charge on any atom is 0.194 e. The summed E-state index contributed by atoms with van der Waals surface area (Å²) in [6.45, 7) is 2.99. The standard InChI is InChI=1S/C16H16N2O3/c1-2-18-10-11(9-17-7-3-4-8-17)15(20)12-5-6-13(19)16(21)14(12)18/h3-8,10,19,21H,2,9H2,1H3. The minimum atomic E-state index is -0.251.